The van der Waals surface area contributed by atoms with Gasteiger partial charge in [-0.3, -0.25) is 9.59 Å². The van der Waals surface area contributed by atoms with E-state index in [2.05, 4.69) is 0 Å². The summed E-state index contributed by atoms with van der Waals surface area (Å²) in [5.41, 5.74) is 0.967. The van der Waals surface area contributed by atoms with Crippen molar-refractivity contribution in [1.82, 2.24) is 0 Å². The van der Waals surface area contributed by atoms with E-state index < -0.39 is 11.8 Å². The highest BCUT2D eigenvalue weighted by Gasteiger charge is 2.39. The van der Waals surface area contributed by atoms with Crippen molar-refractivity contribution >= 4 is 11.8 Å². The van der Waals surface area contributed by atoms with E-state index in [1.807, 2.05) is 62.4 Å². The van der Waals surface area contributed by atoms with E-state index in [4.69, 9.17) is 4.74 Å². The molecule has 0 radical (unpaired) electrons. The Morgan fingerprint density at radius 2 is 1.94 bits per heavy atom. The lowest BCUT2D eigenvalue weighted by Gasteiger charge is -2.22. The Labute approximate surface area is 203 Å². The van der Waals surface area contributed by atoms with Gasteiger partial charge < -0.3 is 4.74 Å². The maximum absolute atomic E-state index is 14.3. The van der Waals surface area contributed by atoms with Gasteiger partial charge in [0.1, 0.15) is 12.4 Å². The SMILES string of the molecule is CCCCC(F)(F)C(C)/C=C/[C@H]1[C@H](C)CC(=O)[C@@H]1C/C=C/CCCC(=O)OCc1ccccc1. The average molecular weight is 475 g/mol. The van der Waals surface area contributed by atoms with Crippen molar-refractivity contribution in [2.45, 2.75) is 84.7 Å². The number of halogens is 2. The van der Waals surface area contributed by atoms with Crippen LogP contribution in [0.3, 0.4) is 0 Å². The summed E-state index contributed by atoms with van der Waals surface area (Å²) in [5, 5.41) is 0. The molecule has 1 saturated carbocycles. The number of benzene rings is 1. The summed E-state index contributed by atoms with van der Waals surface area (Å²) in [6, 6.07) is 9.58. The van der Waals surface area contributed by atoms with Crippen LogP contribution >= 0.6 is 0 Å². The molecule has 1 aromatic rings. The first-order valence-corrected chi connectivity index (χ1v) is 12.7. The second-order valence-corrected chi connectivity index (χ2v) is 9.62. The summed E-state index contributed by atoms with van der Waals surface area (Å²) in [6.45, 7) is 5.79. The van der Waals surface area contributed by atoms with Crippen LogP contribution in [-0.4, -0.2) is 17.7 Å². The van der Waals surface area contributed by atoms with Gasteiger partial charge in [-0.15, -0.1) is 0 Å². The number of unbranched alkanes of at least 4 members (excludes halogenated alkanes) is 2. The third-order valence-corrected chi connectivity index (χ3v) is 6.76. The van der Waals surface area contributed by atoms with Gasteiger partial charge in [-0.05, 0) is 43.1 Å². The largest absolute Gasteiger partial charge is 0.461 e. The number of hydrogen-bond donors (Lipinski definition) is 0. The van der Waals surface area contributed by atoms with Crippen molar-refractivity contribution in [1.29, 1.82) is 0 Å². The fraction of sp³-hybridized carbons (Fsp3) is 0.586. The first kappa shape index (κ1) is 27.9. The molecule has 1 aromatic carbocycles. The second-order valence-electron chi connectivity index (χ2n) is 9.62. The standard InChI is InChI=1S/C29H40F2O3/c1-4-5-19-29(30,31)23(3)17-18-25-22(2)20-27(32)26(25)15-11-6-7-12-16-28(33)34-21-24-13-9-8-10-14-24/h6,8-11,13-14,17-18,22-23,25-26H,4-5,7,12,15-16,19-21H2,1-3H3/b11-6+,18-17+/t22-,23?,25+,26-/m1/s1. The highest BCUT2D eigenvalue weighted by Crippen LogP contribution is 2.39. The van der Waals surface area contributed by atoms with Crippen molar-refractivity contribution in [3.8, 4) is 0 Å². The molecular formula is C29H40F2O3. The number of ketones is 1. The summed E-state index contributed by atoms with van der Waals surface area (Å²) in [5.74, 6) is -3.55. The third-order valence-electron chi connectivity index (χ3n) is 6.76. The molecule has 0 aliphatic heterocycles. The number of ether oxygens (including phenoxy) is 1. The molecule has 1 aliphatic carbocycles. The predicted octanol–water partition coefficient (Wildman–Crippen LogP) is 7.71. The molecule has 3 nitrogen and oxygen atoms in total. The summed E-state index contributed by atoms with van der Waals surface area (Å²) in [4.78, 5) is 24.4. The molecule has 1 unspecified atom stereocenters. The molecule has 1 aliphatic rings. The molecule has 0 aromatic heterocycles. The van der Waals surface area contributed by atoms with Crippen LogP contribution in [0, 0.1) is 23.7 Å². The molecule has 4 atom stereocenters. The summed E-state index contributed by atoms with van der Waals surface area (Å²) < 4.78 is 33.9. The molecule has 0 bridgehead atoms. The van der Waals surface area contributed by atoms with Gasteiger partial charge in [0.15, 0.2) is 0 Å². The second kappa shape index (κ2) is 14.2. The Hall–Kier alpha value is -2.30. The first-order chi connectivity index (χ1) is 16.2. The number of Topliss-reactive ketones (excluding diaryl/α,β-unsaturated/α-hetero) is 1. The molecule has 0 heterocycles. The monoisotopic (exact) mass is 474 g/mol. The van der Waals surface area contributed by atoms with Crippen molar-refractivity contribution in [3.63, 3.8) is 0 Å². The quantitative estimate of drug-likeness (QED) is 0.158. The maximum Gasteiger partial charge on any atom is 0.306 e. The van der Waals surface area contributed by atoms with Crippen molar-refractivity contribution in [3.05, 3.63) is 60.2 Å². The minimum absolute atomic E-state index is 0.00506. The van der Waals surface area contributed by atoms with Gasteiger partial charge in [-0.1, -0.05) is 81.8 Å². The van der Waals surface area contributed by atoms with Gasteiger partial charge in [-0.25, -0.2) is 8.78 Å². The normalized spacial score (nSPS) is 22.0. The number of carbonyl (C=O) groups excluding carboxylic acids is 2. The van der Waals surface area contributed by atoms with E-state index in [1.165, 1.54) is 0 Å². The number of rotatable bonds is 14. The Balaban J connectivity index is 1.76. The van der Waals surface area contributed by atoms with Gasteiger partial charge in [-0.2, -0.15) is 0 Å². The lowest BCUT2D eigenvalue weighted by atomic mass is 9.86. The van der Waals surface area contributed by atoms with Crippen molar-refractivity contribution in [2.24, 2.45) is 23.7 Å². The maximum atomic E-state index is 14.3. The average Bonchev–Trinajstić information content (AvgIpc) is 3.09. The Bertz CT molecular complexity index is 816. The van der Waals surface area contributed by atoms with Gasteiger partial charge in [0.05, 0.1) is 0 Å². The lowest BCUT2D eigenvalue weighted by Crippen LogP contribution is -2.25. The zero-order chi connectivity index (χ0) is 25.0. The first-order valence-electron chi connectivity index (χ1n) is 12.7. The number of hydrogen-bond acceptors (Lipinski definition) is 3. The molecule has 0 saturated heterocycles. The van der Waals surface area contributed by atoms with E-state index in [1.54, 1.807) is 13.0 Å². The predicted molar refractivity (Wildman–Crippen MR) is 132 cm³/mol. The van der Waals surface area contributed by atoms with Crippen LogP contribution in [0.15, 0.2) is 54.6 Å². The number of carbonyl (C=O) groups is 2. The molecule has 0 spiro atoms. The van der Waals surface area contributed by atoms with E-state index in [0.717, 1.165) is 18.4 Å². The number of alkyl halides is 2. The summed E-state index contributed by atoms with van der Waals surface area (Å²) in [7, 11) is 0. The third kappa shape index (κ3) is 9.15. The zero-order valence-corrected chi connectivity index (χ0v) is 20.9. The fourth-order valence-electron chi connectivity index (χ4n) is 4.44. The molecule has 0 N–H and O–H groups in total. The number of allylic oxidation sites excluding steroid dienone is 4. The van der Waals surface area contributed by atoms with Crippen molar-refractivity contribution < 1.29 is 23.1 Å². The summed E-state index contributed by atoms with van der Waals surface area (Å²) in [6.07, 6.45) is 11.5. The highest BCUT2D eigenvalue weighted by molar-refractivity contribution is 5.84. The van der Waals surface area contributed by atoms with Crippen molar-refractivity contribution in [2.75, 3.05) is 0 Å². The van der Waals surface area contributed by atoms with Gasteiger partial charge in [0.2, 0.25) is 0 Å². The molecule has 2 rings (SSSR count). The molecule has 0 amide bonds. The van der Waals surface area contributed by atoms with Crippen LogP contribution in [-0.2, 0) is 20.9 Å². The van der Waals surface area contributed by atoms with Crippen LogP contribution in [0.2, 0.25) is 0 Å². The topological polar surface area (TPSA) is 43.4 Å². The molecule has 1 fully saturated rings. The zero-order valence-electron chi connectivity index (χ0n) is 20.9. The number of esters is 1. The summed E-state index contributed by atoms with van der Waals surface area (Å²) >= 11 is 0. The molecular weight excluding hydrogens is 434 g/mol. The Morgan fingerprint density at radius 3 is 2.65 bits per heavy atom. The van der Waals surface area contributed by atoms with Crippen LogP contribution in [0.5, 0.6) is 0 Å². The van der Waals surface area contributed by atoms with E-state index in [-0.39, 0.29) is 42.5 Å². The minimum Gasteiger partial charge on any atom is -0.461 e. The van der Waals surface area contributed by atoms with Crippen LogP contribution in [0.1, 0.15) is 77.7 Å². The molecule has 34 heavy (non-hydrogen) atoms. The fourth-order valence-corrected chi connectivity index (χ4v) is 4.44. The molecule has 5 heteroatoms. The van der Waals surface area contributed by atoms with Crippen LogP contribution in [0.4, 0.5) is 8.78 Å². The lowest BCUT2D eigenvalue weighted by molar-refractivity contribution is -0.145. The smallest absolute Gasteiger partial charge is 0.306 e. The van der Waals surface area contributed by atoms with Crippen LogP contribution < -0.4 is 0 Å². The Morgan fingerprint density at radius 1 is 1.21 bits per heavy atom. The van der Waals surface area contributed by atoms with Gasteiger partial charge in [0.25, 0.3) is 5.92 Å². The van der Waals surface area contributed by atoms with E-state index in [0.29, 0.717) is 32.1 Å². The van der Waals surface area contributed by atoms with E-state index in [9.17, 15) is 18.4 Å². The highest BCUT2D eigenvalue weighted by atomic mass is 19.3. The Kier molecular flexibility index (Phi) is 11.7. The minimum atomic E-state index is -2.71. The van der Waals surface area contributed by atoms with E-state index >= 15 is 0 Å². The van der Waals surface area contributed by atoms with Crippen LogP contribution in [0.25, 0.3) is 0 Å². The van der Waals surface area contributed by atoms with Gasteiger partial charge >= 0.3 is 5.97 Å². The van der Waals surface area contributed by atoms with Gasteiger partial charge in [0, 0.05) is 31.1 Å². The molecule has 188 valence electrons.